The SMILES string of the molecule is CCOc1ccc(N2CC(NC(=O)NCc3ccco3)CC2=O)cc1. The maximum Gasteiger partial charge on any atom is 0.315 e. The molecule has 7 nitrogen and oxygen atoms in total. The molecular weight excluding hydrogens is 322 g/mol. The summed E-state index contributed by atoms with van der Waals surface area (Å²) >= 11 is 0. The zero-order valence-corrected chi connectivity index (χ0v) is 14.0. The van der Waals surface area contributed by atoms with Crippen LogP contribution in [-0.4, -0.2) is 31.1 Å². The molecule has 1 aliphatic heterocycles. The molecule has 25 heavy (non-hydrogen) atoms. The van der Waals surface area contributed by atoms with Crippen LogP contribution in [0.4, 0.5) is 10.5 Å². The number of nitrogens with one attached hydrogen (secondary N) is 2. The van der Waals surface area contributed by atoms with Gasteiger partial charge in [-0.15, -0.1) is 0 Å². The lowest BCUT2D eigenvalue weighted by Gasteiger charge is -2.18. The van der Waals surface area contributed by atoms with Crippen molar-refractivity contribution in [2.45, 2.75) is 25.9 Å². The summed E-state index contributed by atoms with van der Waals surface area (Å²) in [5.74, 6) is 1.43. The minimum Gasteiger partial charge on any atom is -0.494 e. The van der Waals surface area contributed by atoms with Crippen LogP contribution in [0.15, 0.2) is 47.1 Å². The van der Waals surface area contributed by atoms with Crippen molar-refractivity contribution < 1.29 is 18.7 Å². The third-order valence-electron chi connectivity index (χ3n) is 3.92. The van der Waals surface area contributed by atoms with Crippen molar-refractivity contribution in [1.82, 2.24) is 10.6 Å². The van der Waals surface area contributed by atoms with E-state index in [0.717, 1.165) is 11.4 Å². The highest BCUT2D eigenvalue weighted by molar-refractivity contribution is 5.96. The molecule has 2 aromatic rings. The lowest BCUT2D eigenvalue weighted by molar-refractivity contribution is -0.117. The summed E-state index contributed by atoms with van der Waals surface area (Å²) in [6, 6.07) is 10.4. The van der Waals surface area contributed by atoms with Crippen molar-refractivity contribution in [2.24, 2.45) is 0 Å². The maximum atomic E-state index is 12.2. The van der Waals surface area contributed by atoms with E-state index >= 15 is 0 Å². The average molecular weight is 343 g/mol. The zero-order valence-electron chi connectivity index (χ0n) is 14.0. The number of hydrogen-bond donors (Lipinski definition) is 2. The molecule has 132 valence electrons. The van der Waals surface area contributed by atoms with Crippen LogP contribution in [0.5, 0.6) is 5.75 Å². The highest BCUT2D eigenvalue weighted by Crippen LogP contribution is 2.24. The van der Waals surface area contributed by atoms with Gasteiger partial charge in [0.25, 0.3) is 0 Å². The average Bonchev–Trinajstić information content (AvgIpc) is 3.24. The number of benzene rings is 1. The third-order valence-corrected chi connectivity index (χ3v) is 3.92. The van der Waals surface area contributed by atoms with E-state index < -0.39 is 0 Å². The first-order chi connectivity index (χ1) is 12.2. The summed E-state index contributed by atoms with van der Waals surface area (Å²) in [7, 11) is 0. The molecule has 0 bridgehead atoms. The number of carbonyl (C=O) groups is 2. The van der Waals surface area contributed by atoms with Gasteiger partial charge in [0, 0.05) is 18.7 Å². The summed E-state index contributed by atoms with van der Waals surface area (Å²) in [4.78, 5) is 25.9. The van der Waals surface area contributed by atoms with Crippen LogP contribution in [0, 0.1) is 0 Å². The van der Waals surface area contributed by atoms with Gasteiger partial charge in [-0.25, -0.2) is 4.79 Å². The number of ether oxygens (including phenoxy) is 1. The summed E-state index contributed by atoms with van der Waals surface area (Å²) < 4.78 is 10.6. The Bertz CT molecular complexity index is 712. The molecule has 0 saturated carbocycles. The quantitative estimate of drug-likeness (QED) is 0.843. The first-order valence-corrected chi connectivity index (χ1v) is 8.25. The number of amides is 3. The fourth-order valence-electron chi connectivity index (χ4n) is 2.76. The number of rotatable bonds is 6. The number of urea groups is 1. The fourth-order valence-corrected chi connectivity index (χ4v) is 2.76. The van der Waals surface area contributed by atoms with Crippen LogP contribution in [-0.2, 0) is 11.3 Å². The predicted octanol–water partition coefficient (Wildman–Crippen LogP) is 2.28. The number of furan rings is 1. The van der Waals surface area contributed by atoms with Crippen LogP contribution in [0.1, 0.15) is 19.1 Å². The first kappa shape index (κ1) is 16.9. The van der Waals surface area contributed by atoms with Gasteiger partial charge >= 0.3 is 6.03 Å². The topological polar surface area (TPSA) is 83.8 Å². The molecule has 2 heterocycles. The second-order valence-corrected chi connectivity index (χ2v) is 5.74. The molecule has 0 radical (unpaired) electrons. The molecule has 1 atom stereocenters. The summed E-state index contributed by atoms with van der Waals surface area (Å²) in [5.41, 5.74) is 0.800. The highest BCUT2D eigenvalue weighted by atomic mass is 16.5. The van der Waals surface area contributed by atoms with Gasteiger partial charge in [0.15, 0.2) is 0 Å². The number of nitrogens with zero attached hydrogens (tertiary/aromatic N) is 1. The van der Waals surface area contributed by atoms with Gasteiger partial charge in [-0.3, -0.25) is 4.79 Å². The molecule has 1 unspecified atom stereocenters. The van der Waals surface area contributed by atoms with E-state index in [1.807, 2.05) is 31.2 Å². The van der Waals surface area contributed by atoms with Crippen molar-refractivity contribution in [3.8, 4) is 5.75 Å². The second kappa shape index (κ2) is 7.74. The predicted molar refractivity (Wildman–Crippen MR) is 92.4 cm³/mol. The van der Waals surface area contributed by atoms with Gasteiger partial charge in [-0.2, -0.15) is 0 Å². The van der Waals surface area contributed by atoms with E-state index in [-0.39, 0.29) is 24.4 Å². The molecule has 0 spiro atoms. The number of carbonyl (C=O) groups excluding carboxylic acids is 2. The van der Waals surface area contributed by atoms with Crippen LogP contribution < -0.4 is 20.3 Å². The maximum absolute atomic E-state index is 12.2. The van der Waals surface area contributed by atoms with Crippen LogP contribution in [0.25, 0.3) is 0 Å². The largest absolute Gasteiger partial charge is 0.494 e. The number of hydrogen-bond acceptors (Lipinski definition) is 4. The van der Waals surface area contributed by atoms with Crippen LogP contribution in [0.3, 0.4) is 0 Å². The molecule has 3 amide bonds. The van der Waals surface area contributed by atoms with Crippen molar-refractivity contribution in [2.75, 3.05) is 18.1 Å². The van der Waals surface area contributed by atoms with E-state index in [1.54, 1.807) is 23.3 Å². The van der Waals surface area contributed by atoms with E-state index in [4.69, 9.17) is 9.15 Å². The van der Waals surface area contributed by atoms with Gasteiger partial charge in [0.05, 0.1) is 25.5 Å². The fraction of sp³-hybridized carbons (Fsp3) is 0.333. The van der Waals surface area contributed by atoms with Crippen LogP contribution in [0.2, 0.25) is 0 Å². The van der Waals surface area contributed by atoms with Gasteiger partial charge < -0.3 is 24.7 Å². The number of anilines is 1. The molecule has 1 fully saturated rings. The minimum absolute atomic E-state index is 0.0134. The van der Waals surface area contributed by atoms with Gasteiger partial charge in [0.2, 0.25) is 5.91 Å². The van der Waals surface area contributed by atoms with E-state index in [1.165, 1.54) is 0 Å². The lowest BCUT2D eigenvalue weighted by Crippen LogP contribution is -2.43. The molecule has 2 N–H and O–H groups in total. The molecular formula is C18H21N3O4. The zero-order chi connectivity index (χ0) is 17.6. The van der Waals surface area contributed by atoms with E-state index in [9.17, 15) is 9.59 Å². The molecule has 0 aliphatic carbocycles. The van der Waals surface area contributed by atoms with Crippen LogP contribution >= 0.6 is 0 Å². The Hall–Kier alpha value is -2.96. The van der Waals surface area contributed by atoms with Crippen molar-refractivity contribution in [1.29, 1.82) is 0 Å². The van der Waals surface area contributed by atoms with E-state index in [2.05, 4.69) is 10.6 Å². The Labute approximate surface area is 145 Å². The van der Waals surface area contributed by atoms with Gasteiger partial charge in [-0.05, 0) is 43.3 Å². The Morgan fingerprint density at radius 1 is 1.32 bits per heavy atom. The summed E-state index contributed by atoms with van der Waals surface area (Å²) in [6.07, 6.45) is 1.83. The molecule has 1 aromatic heterocycles. The minimum atomic E-state index is -0.317. The molecule has 3 rings (SSSR count). The monoisotopic (exact) mass is 343 g/mol. The van der Waals surface area contributed by atoms with Crippen molar-refractivity contribution >= 4 is 17.6 Å². The molecule has 1 aliphatic rings. The summed E-state index contributed by atoms with van der Waals surface area (Å²) in [5, 5.41) is 5.54. The highest BCUT2D eigenvalue weighted by Gasteiger charge is 2.31. The van der Waals surface area contributed by atoms with Crippen molar-refractivity contribution in [3.05, 3.63) is 48.4 Å². The Morgan fingerprint density at radius 2 is 2.12 bits per heavy atom. The Kier molecular flexibility index (Phi) is 5.23. The van der Waals surface area contributed by atoms with Gasteiger partial charge in [0.1, 0.15) is 11.5 Å². The normalized spacial score (nSPS) is 16.8. The van der Waals surface area contributed by atoms with E-state index in [0.29, 0.717) is 25.5 Å². The van der Waals surface area contributed by atoms with Gasteiger partial charge in [-0.1, -0.05) is 0 Å². The standard InChI is InChI=1S/C18H21N3O4/c1-2-24-15-7-5-14(6-8-15)21-12-13(10-17(21)22)20-18(23)19-11-16-4-3-9-25-16/h3-9,13H,2,10-12H2,1H3,(H2,19,20,23). The van der Waals surface area contributed by atoms with Crippen molar-refractivity contribution in [3.63, 3.8) is 0 Å². The lowest BCUT2D eigenvalue weighted by atomic mass is 10.2. The Balaban J connectivity index is 1.52. The molecule has 7 heteroatoms. The summed E-state index contributed by atoms with van der Waals surface area (Å²) in [6.45, 7) is 3.27. The molecule has 1 aromatic carbocycles. The molecule has 1 saturated heterocycles. The smallest absolute Gasteiger partial charge is 0.315 e. The first-order valence-electron chi connectivity index (χ1n) is 8.25. The third kappa shape index (κ3) is 4.32. The Morgan fingerprint density at radius 3 is 2.80 bits per heavy atom. The second-order valence-electron chi connectivity index (χ2n) is 5.74.